The van der Waals surface area contributed by atoms with E-state index in [4.69, 9.17) is 0 Å². The molecule has 0 atom stereocenters. The number of aryl methyl sites for hydroxylation is 1. The fraction of sp³-hybridized carbons (Fsp3) is 0.375. The quantitative estimate of drug-likeness (QED) is 0.466. The first-order valence-corrected chi connectivity index (χ1v) is 10.1. The van der Waals surface area contributed by atoms with Crippen LogP contribution in [0.4, 0.5) is 5.69 Å². The van der Waals surface area contributed by atoms with E-state index < -0.39 is 5.41 Å². The average Bonchev–Trinajstić information content (AvgIpc) is 3.35. The number of carbonyl (C=O) groups excluding carboxylic acids is 1. The van der Waals surface area contributed by atoms with Gasteiger partial charge in [0.2, 0.25) is 5.91 Å². The van der Waals surface area contributed by atoms with Gasteiger partial charge in [0, 0.05) is 27.7 Å². The summed E-state index contributed by atoms with van der Waals surface area (Å²) in [6, 6.07) is 10.9. The van der Waals surface area contributed by atoms with Crippen LogP contribution in [0.3, 0.4) is 0 Å². The van der Waals surface area contributed by atoms with Crippen LogP contribution in [0.1, 0.15) is 57.4 Å². The predicted octanol–water partition coefficient (Wildman–Crippen LogP) is 5.11. The Kier molecular flexibility index (Phi) is 4.37. The maximum absolute atomic E-state index is 13.1. The van der Waals surface area contributed by atoms with Gasteiger partial charge in [-0.2, -0.15) is 0 Å². The molecule has 4 N–H and O–H groups in total. The summed E-state index contributed by atoms with van der Waals surface area (Å²) in [5.74, 6) is -0.445. The highest BCUT2D eigenvalue weighted by molar-refractivity contribution is 6.03. The number of H-pyrrole nitrogens is 1. The van der Waals surface area contributed by atoms with Crippen LogP contribution >= 0.6 is 0 Å². The Labute approximate surface area is 170 Å². The Bertz CT molecular complexity index is 1100. The highest BCUT2D eigenvalue weighted by atomic mass is 16.3. The van der Waals surface area contributed by atoms with Crippen molar-refractivity contribution in [3.63, 3.8) is 0 Å². The predicted molar refractivity (Wildman–Crippen MR) is 116 cm³/mol. The molecule has 0 aliphatic heterocycles. The lowest BCUT2D eigenvalue weighted by atomic mass is 9.92. The second-order valence-electron chi connectivity index (χ2n) is 9.13. The zero-order valence-corrected chi connectivity index (χ0v) is 17.4. The number of benzene rings is 2. The molecule has 1 saturated carbocycles. The normalized spacial score (nSPS) is 15.4. The monoisotopic (exact) mass is 392 g/mol. The van der Waals surface area contributed by atoms with E-state index in [1.54, 1.807) is 6.07 Å². The molecule has 0 bridgehead atoms. The van der Waals surface area contributed by atoms with Crippen LogP contribution in [0, 0.1) is 0 Å². The molecule has 29 heavy (non-hydrogen) atoms. The summed E-state index contributed by atoms with van der Waals surface area (Å²) in [7, 11) is 0. The van der Waals surface area contributed by atoms with Crippen LogP contribution in [0.15, 0.2) is 36.4 Å². The summed E-state index contributed by atoms with van der Waals surface area (Å²) in [6.07, 6.45) is 2.32. The van der Waals surface area contributed by atoms with Gasteiger partial charge in [0.05, 0.1) is 5.41 Å². The summed E-state index contributed by atoms with van der Waals surface area (Å²) in [5.41, 5.74) is 4.37. The number of aromatic hydroxyl groups is 2. The number of fused-ring (bicyclic) bond motifs is 1. The third kappa shape index (κ3) is 3.35. The van der Waals surface area contributed by atoms with Gasteiger partial charge in [-0.05, 0) is 60.7 Å². The van der Waals surface area contributed by atoms with E-state index in [0.717, 1.165) is 41.4 Å². The number of amides is 1. The molecule has 1 fully saturated rings. The molecule has 1 amide bonds. The zero-order valence-electron chi connectivity index (χ0n) is 17.4. The van der Waals surface area contributed by atoms with Gasteiger partial charge in [0.25, 0.3) is 0 Å². The molecule has 0 unspecified atom stereocenters. The largest absolute Gasteiger partial charge is 0.504 e. The number of phenols is 2. The van der Waals surface area contributed by atoms with Crippen molar-refractivity contribution in [3.05, 3.63) is 53.2 Å². The zero-order chi connectivity index (χ0) is 21.0. The Hall–Kier alpha value is -2.95. The molecule has 1 aliphatic carbocycles. The van der Waals surface area contributed by atoms with Crippen molar-refractivity contribution in [2.75, 3.05) is 5.32 Å². The first-order chi connectivity index (χ1) is 13.6. The minimum atomic E-state index is -0.638. The lowest BCUT2D eigenvalue weighted by Crippen LogP contribution is -2.27. The second kappa shape index (κ2) is 6.55. The second-order valence-corrected chi connectivity index (χ2v) is 9.13. The van der Waals surface area contributed by atoms with Gasteiger partial charge in [-0.1, -0.05) is 33.8 Å². The Morgan fingerprint density at radius 1 is 1.10 bits per heavy atom. The third-order valence-electron chi connectivity index (χ3n) is 5.97. The van der Waals surface area contributed by atoms with Crippen LogP contribution in [0.5, 0.6) is 11.5 Å². The highest BCUT2D eigenvalue weighted by Gasteiger charge is 2.51. The lowest BCUT2D eigenvalue weighted by molar-refractivity contribution is -0.118. The topological polar surface area (TPSA) is 85.3 Å². The first-order valence-electron chi connectivity index (χ1n) is 10.1. The van der Waals surface area contributed by atoms with Crippen LogP contribution in [-0.4, -0.2) is 21.1 Å². The third-order valence-corrected chi connectivity index (χ3v) is 5.97. The molecule has 1 aromatic heterocycles. The van der Waals surface area contributed by atoms with Crippen LogP contribution in [0.2, 0.25) is 0 Å². The van der Waals surface area contributed by atoms with E-state index in [1.165, 1.54) is 23.4 Å². The van der Waals surface area contributed by atoms with Crippen molar-refractivity contribution >= 4 is 22.5 Å². The number of anilines is 1. The van der Waals surface area contributed by atoms with Crippen molar-refractivity contribution in [2.45, 2.75) is 57.8 Å². The number of hydrogen-bond acceptors (Lipinski definition) is 3. The smallest absolute Gasteiger partial charge is 0.235 e. The molecule has 0 saturated heterocycles. The summed E-state index contributed by atoms with van der Waals surface area (Å²) in [6.45, 7) is 8.64. The van der Waals surface area contributed by atoms with Gasteiger partial charge < -0.3 is 20.5 Å². The van der Waals surface area contributed by atoms with Crippen molar-refractivity contribution < 1.29 is 15.0 Å². The van der Waals surface area contributed by atoms with E-state index >= 15 is 0 Å². The van der Waals surface area contributed by atoms with Crippen molar-refractivity contribution in [1.82, 2.24) is 4.98 Å². The van der Waals surface area contributed by atoms with Gasteiger partial charge in [0.15, 0.2) is 11.5 Å². The number of carbonyl (C=O) groups is 1. The standard InChI is InChI=1S/C24H28N2O3/c1-5-14-10-17(11-15-12-20(23(2,3)4)26-21(14)15)25-22(29)24(8-9-24)16-6-7-18(27)19(28)13-16/h6-7,10-13,26-28H,5,8-9H2,1-4H3,(H,25,29). The molecule has 5 nitrogen and oxygen atoms in total. The fourth-order valence-electron chi connectivity index (χ4n) is 3.92. The van der Waals surface area contributed by atoms with Crippen molar-refractivity contribution in [1.29, 1.82) is 0 Å². The number of nitrogens with one attached hydrogen (secondary N) is 2. The number of hydrogen-bond donors (Lipinski definition) is 4. The van der Waals surface area contributed by atoms with E-state index in [1.807, 2.05) is 12.1 Å². The molecule has 4 rings (SSSR count). The van der Waals surface area contributed by atoms with E-state index in [2.05, 4.69) is 44.1 Å². The van der Waals surface area contributed by atoms with E-state index in [-0.39, 0.29) is 22.8 Å². The molecule has 1 heterocycles. The van der Waals surface area contributed by atoms with Crippen molar-refractivity contribution in [2.24, 2.45) is 0 Å². The molecule has 0 spiro atoms. The minimum absolute atomic E-state index is 0.0202. The molecule has 152 valence electrons. The molecule has 2 aromatic carbocycles. The minimum Gasteiger partial charge on any atom is -0.504 e. The van der Waals surface area contributed by atoms with Gasteiger partial charge >= 0.3 is 0 Å². The van der Waals surface area contributed by atoms with Gasteiger partial charge in [0.1, 0.15) is 0 Å². The summed E-state index contributed by atoms with van der Waals surface area (Å²) >= 11 is 0. The van der Waals surface area contributed by atoms with Crippen LogP contribution < -0.4 is 5.32 Å². The summed E-state index contributed by atoms with van der Waals surface area (Å²) < 4.78 is 0. The summed E-state index contributed by atoms with van der Waals surface area (Å²) in [5, 5.41) is 23.6. The average molecular weight is 392 g/mol. The molecule has 5 heteroatoms. The first kappa shape index (κ1) is 19.4. The molecule has 3 aromatic rings. The Morgan fingerprint density at radius 3 is 2.41 bits per heavy atom. The van der Waals surface area contributed by atoms with Crippen LogP contribution in [-0.2, 0) is 22.0 Å². The fourth-order valence-corrected chi connectivity index (χ4v) is 3.92. The molecular weight excluding hydrogens is 364 g/mol. The van der Waals surface area contributed by atoms with Gasteiger partial charge in [-0.3, -0.25) is 4.79 Å². The SMILES string of the molecule is CCc1cc(NC(=O)C2(c3ccc(O)c(O)c3)CC2)cc2cc(C(C)(C)C)[nH]c12. The molecular formula is C24H28N2O3. The maximum atomic E-state index is 13.1. The van der Waals surface area contributed by atoms with Gasteiger partial charge in [-0.15, -0.1) is 0 Å². The lowest BCUT2D eigenvalue weighted by Gasteiger charge is -2.17. The Morgan fingerprint density at radius 2 is 1.83 bits per heavy atom. The summed E-state index contributed by atoms with van der Waals surface area (Å²) in [4.78, 5) is 16.7. The number of rotatable bonds is 4. The Balaban J connectivity index is 1.66. The van der Waals surface area contributed by atoms with E-state index in [0.29, 0.717) is 0 Å². The number of aromatic amines is 1. The van der Waals surface area contributed by atoms with E-state index in [9.17, 15) is 15.0 Å². The van der Waals surface area contributed by atoms with Crippen molar-refractivity contribution in [3.8, 4) is 11.5 Å². The van der Waals surface area contributed by atoms with Gasteiger partial charge in [-0.25, -0.2) is 0 Å². The maximum Gasteiger partial charge on any atom is 0.235 e. The molecule has 0 radical (unpaired) electrons. The molecule has 1 aliphatic rings. The van der Waals surface area contributed by atoms with Crippen LogP contribution in [0.25, 0.3) is 10.9 Å². The highest BCUT2D eigenvalue weighted by Crippen LogP contribution is 2.50. The number of aromatic nitrogens is 1. The number of phenolic OH excluding ortho intramolecular Hbond substituents is 2.